The third-order valence-corrected chi connectivity index (χ3v) is 5.29. The van der Waals surface area contributed by atoms with Crippen LogP contribution in [-0.4, -0.2) is 71.6 Å². The molecule has 0 aliphatic carbocycles. The summed E-state index contributed by atoms with van der Waals surface area (Å²) in [5, 5.41) is 11.4. The quantitative estimate of drug-likeness (QED) is 0.239. The minimum Gasteiger partial charge on any atom is -0.373 e. The molecule has 1 aromatic rings. The first-order valence-electron chi connectivity index (χ1n) is 10.7. The molecular weight excluding hydrogens is 479 g/mol. The Morgan fingerprint density at radius 3 is 2.48 bits per heavy atom. The summed E-state index contributed by atoms with van der Waals surface area (Å²) in [6.07, 6.45) is 2.66. The van der Waals surface area contributed by atoms with Gasteiger partial charge >= 0.3 is 0 Å². The van der Waals surface area contributed by atoms with Gasteiger partial charge in [0.15, 0.2) is 5.96 Å². The van der Waals surface area contributed by atoms with Gasteiger partial charge in [-0.1, -0.05) is 0 Å². The largest absolute Gasteiger partial charge is 0.373 e. The van der Waals surface area contributed by atoms with E-state index in [1.807, 2.05) is 11.7 Å². The number of ether oxygens (including phenoxy) is 1. The number of hydrogen-bond acceptors (Lipinski definition) is 4. The Bertz CT molecular complexity index is 637. The normalized spacial score (nSPS) is 21.6. The summed E-state index contributed by atoms with van der Waals surface area (Å²) in [5.41, 5.74) is 3.68. The average Bonchev–Trinajstić information content (AvgIpc) is 2.84. The zero-order valence-corrected chi connectivity index (χ0v) is 21.6. The van der Waals surface area contributed by atoms with Gasteiger partial charge in [0.05, 0.1) is 17.9 Å². The smallest absolute Gasteiger partial charge is 0.191 e. The number of aromatic nitrogens is 2. The van der Waals surface area contributed by atoms with E-state index >= 15 is 0 Å². The number of nitrogens with one attached hydrogen (secondary N) is 2. The molecule has 2 rings (SSSR count). The van der Waals surface area contributed by atoms with Crippen LogP contribution in [0.3, 0.4) is 0 Å². The standard InChI is InChI=1S/C21H40N6O.HI/c1-8-22-21(23-10-9-11-27-13-16(3)28-17(4)14-27)24-15(2)12-20-18(5)25-26(7)19(20)6;/h15-17H,8-14H2,1-7H3,(H2,22,23,24);1H. The van der Waals surface area contributed by atoms with Crippen molar-refractivity contribution in [1.29, 1.82) is 0 Å². The van der Waals surface area contributed by atoms with E-state index in [0.29, 0.717) is 18.2 Å². The monoisotopic (exact) mass is 520 g/mol. The molecule has 7 nitrogen and oxygen atoms in total. The molecule has 168 valence electrons. The summed E-state index contributed by atoms with van der Waals surface area (Å²) in [6, 6.07) is 0.292. The van der Waals surface area contributed by atoms with Crippen molar-refractivity contribution in [1.82, 2.24) is 25.3 Å². The van der Waals surface area contributed by atoms with Crippen LogP contribution in [0.5, 0.6) is 0 Å². The molecule has 1 aromatic heterocycles. The van der Waals surface area contributed by atoms with Crippen molar-refractivity contribution in [2.45, 2.75) is 72.6 Å². The minimum atomic E-state index is 0. The Balaban J connectivity index is 0.00000420. The lowest BCUT2D eigenvalue weighted by molar-refractivity contribution is -0.0679. The van der Waals surface area contributed by atoms with Crippen LogP contribution >= 0.6 is 24.0 Å². The van der Waals surface area contributed by atoms with E-state index in [9.17, 15) is 0 Å². The lowest BCUT2D eigenvalue weighted by Gasteiger charge is -2.35. The Morgan fingerprint density at radius 2 is 1.93 bits per heavy atom. The maximum atomic E-state index is 5.81. The highest BCUT2D eigenvalue weighted by Gasteiger charge is 2.21. The molecule has 0 aromatic carbocycles. The predicted octanol–water partition coefficient (Wildman–Crippen LogP) is 2.64. The molecule has 29 heavy (non-hydrogen) atoms. The van der Waals surface area contributed by atoms with E-state index in [1.54, 1.807) is 0 Å². The molecule has 1 aliphatic heterocycles. The number of nitrogens with zero attached hydrogens (tertiary/aromatic N) is 4. The fraction of sp³-hybridized carbons (Fsp3) is 0.810. The molecule has 0 spiro atoms. The van der Waals surface area contributed by atoms with E-state index in [0.717, 1.165) is 57.2 Å². The minimum absolute atomic E-state index is 0. The van der Waals surface area contributed by atoms with Crippen molar-refractivity contribution < 1.29 is 4.74 Å². The van der Waals surface area contributed by atoms with Crippen LogP contribution < -0.4 is 10.6 Å². The number of guanidine groups is 1. The lowest BCUT2D eigenvalue weighted by Crippen LogP contribution is -2.46. The molecule has 0 amide bonds. The molecule has 3 atom stereocenters. The van der Waals surface area contributed by atoms with Crippen LogP contribution in [-0.2, 0) is 18.2 Å². The summed E-state index contributed by atoms with van der Waals surface area (Å²) in [7, 11) is 2.01. The number of aliphatic imine (C=N–C) groups is 1. The van der Waals surface area contributed by atoms with E-state index in [2.05, 4.69) is 62.2 Å². The molecule has 8 heteroatoms. The second-order valence-electron chi connectivity index (χ2n) is 8.15. The fourth-order valence-corrected chi connectivity index (χ4v) is 3.98. The third-order valence-electron chi connectivity index (χ3n) is 5.29. The molecule has 2 N–H and O–H groups in total. The Kier molecular flexibility index (Phi) is 11.5. The third kappa shape index (κ3) is 8.41. The maximum absolute atomic E-state index is 5.81. The predicted molar refractivity (Wildman–Crippen MR) is 131 cm³/mol. The Labute approximate surface area is 194 Å². The Hall–Kier alpha value is -0.870. The highest BCUT2D eigenvalue weighted by atomic mass is 127. The first-order valence-corrected chi connectivity index (χ1v) is 10.7. The van der Waals surface area contributed by atoms with E-state index in [1.165, 1.54) is 11.3 Å². The van der Waals surface area contributed by atoms with E-state index < -0.39 is 0 Å². The zero-order chi connectivity index (χ0) is 20.7. The second kappa shape index (κ2) is 12.7. The Morgan fingerprint density at radius 1 is 1.28 bits per heavy atom. The van der Waals surface area contributed by atoms with Crippen molar-refractivity contribution in [2.75, 3.05) is 32.7 Å². The first-order chi connectivity index (χ1) is 13.3. The van der Waals surface area contributed by atoms with Gasteiger partial charge in [0.2, 0.25) is 0 Å². The molecule has 0 bridgehead atoms. The maximum Gasteiger partial charge on any atom is 0.191 e. The molecule has 0 radical (unpaired) electrons. The van der Waals surface area contributed by atoms with Crippen LogP contribution in [0.15, 0.2) is 4.99 Å². The number of rotatable bonds is 8. The molecule has 1 saturated heterocycles. The SMILES string of the molecule is CCNC(=NCCCN1CC(C)OC(C)C1)NC(C)Cc1c(C)nn(C)c1C.I. The molecule has 2 heterocycles. The highest BCUT2D eigenvalue weighted by Crippen LogP contribution is 2.14. The molecular formula is C21H41IN6O. The summed E-state index contributed by atoms with van der Waals surface area (Å²) >= 11 is 0. The number of hydrogen-bond donors (Lipinski definition) is 2. The fourth-order valence-electron chi connectivity index (χ4n) is 3.98. The van der Waals surface area contributed by atoms with Gasteiger partial charge in [-0.3, -0.25) is 14.6 Å². The van der Waals surface area contributed by atoms with Crippen LogP contribution in [0, 0.1) is 13.8 Å². The van der Waals surface area contributed by atoms with Crippen molar-refractivity contribution in [2.24, 2.45) is 12.0 Å². The van der Waals surface area contributed by atoms with Crippen LogP contribution in [0.4, 0.5) is 0 Å². The van der Waals surface area contributed by atoms with Crippen LogP contribution in [0.2, 0.25) is 0 Å². The second-order valence-corrected chi connectivity index (χ2v) is 8.15. The van der Waals surface area contributed by atoms with Gasteiger partial charge < -0.3 is 15.4 Å². The van der Waals surface area contributed by atoms with Gasteiger partial charge in [0.25, 0.3) is 0 Å². The lowest BCUT2D eigenvalue weighted by atomic mass is 10.1. The molecule has 1 aliphatic rings. The first kappa shape index (κ1) is 26.2. The number of halogens is 1. The van der Waals surface area contributed by atoms with Crippen LogP contribution in [0.1, 0.15) is 51.1 Å². The molecule has 3 unspecified atom stereocenters. The van der Waals surface area contributed by atoms with Gasteiger partial charge in [0, 0.05) is 51.5 Å². The van der Waals surface area contributed by atoms with Crippen molar-refractivity contribution in [3.8, 4) is 0 Å². The summed E-state index contributed by atoms with van der Waals surface area (Å²) in [4.78, 5) is 7.27. The molecule has 0 saturated carbocycles. The number of aryl methyl sites for hydroxylation is 2. The van der Waals surface area contributed by atoms with Gasteiger partial charge in [-0.2, -0.15) is 5.10 Å². The van der Waals surface area contributed by atoms with Crippen LogP contribution in [0.25, 0.3) is 0 Å². The summed E-state index contributed by atoms with van der Waals surface area (Å²) in [6.45, 7) is 17.6. The number of morpholine rings is 1. The van der Waals surface area contributed by atoms with Crippen molar-refractivity contribution in [3.63, 3.8) is 0 Å². The van der Waals surface area contributed by atoms with Crippen molar-refractivity contribution in [3.05, 3.63) is 17.0 Å². The summed E-state index contributed by atoms with van der Waals surface area (Å²) < 4.78 is 7.77. The van der Waals surface area contributed by atoms with Gasteiger partial charge in [-0.05, 0) is 59.9 Å². The van der Waals surface area contributed by atoms with E-state index in [4.69, 9.17) is 9.73 Å². The highest BCUT2D eigenvalue weighted by molar-refractivity contribution is 14.0. The van der Waals surface area contributed by atoms with Gasteiger partial charge in [-0.25, -0.2) is 0 Å². The van der Waals surface area contributed by atoms with Gasteiger partial charge in [-0.15, -0.1) is 24.0 Å². The zero-order valence-electron chi connectivity index (χ0n) is 19.3. The topological polar surface area (TPSA) is 66.7 Å². The van der Waals surface area contributed by atoms with Gasteiger partial charge in [0.1, 0.15) is 0 Å². The van der Waals surface area contributed by atoms with Crippen molar-refractivity contribution >= 4 is 29.9 Å². The van der Waals surface area contributed by atoms with E-state index in [-0.39, 0.29) is 24.0 Å². The average molecular weight is 521 g/mol. The summed E-state index contributed by atoms with van der Waals surface area (Å²) in [5.74, 6) is 0.901. The molecule has 1 fully saturated rings.